The number of piperidine rings is 1. The maximum absolute atomic E-state index is 9.43. The average Bonchev–Trinajstić information content (AvgIpc) is 2.52. The van der Waals surface area contributed by atoms with Crippen LogP contribution in [-0.2, 0) is 6.54 Å². The molecule has 1 saturated heterocycles. The Morgan fingerprint density at radius 2 is 2.05 bits per heavy atom. The van der Waals surface area contributed by atoms with Gasteiger partial charge in [-0.05, 0) is 51.2 Å². The molecule has 0 atom stereocenters. The van der Waals surface area contributed by atoms with Gasteiger partial charge >= 0.3 is 0 Å². The van der Waals surface area contributed by atoms with Crippen molar-refractivity contribution in [1.29, 1.82) is 5.26 Å². The largest absolute Gasteiger partial charge is 0.370 e. The van der Waals surface area contributed by atoms with Gasteiger partial charge in [-0.15, -0.1) is 0 Å². The van der Waals surface area contributed by atoms with Gasteiger partial charge in [0, 0.05) is 25.7 Å². The van der Waals surface area contributed by atoms with Crippen LogP contribution in [0.3, 0.4) is 0 Å². The van der Waals surface area contributed by atoms with Gasteiger partial charge in [0.05, 0.1) is 11.3 Å². The summed E-state index contributed by atoms with van der Waals surface area (Å²) in [5, 5.41) is 12.7. The molecule has 0 aliphatic carbocycles. The predicted molar refractivity (Wildman–Crippen MR) is 87.5 cm³/mol. The first-order valence-electron chi connectivity index (χ1n) is 7.80. The minimum Gasteiger partial charge on any atom is -0.370 e. The Morgan fingerprint density at radius 3 is 2.62 bits per heavy atom. The second-order valence-electron chi connectivity index (χ2n) is 5.93. The van der Waals surface area contributed by atoms with Gasteiger partial charge in [-0.25, -0.2) is 0 Å². The lowest BCUT2D eigenvalue weighted by Crippen LogP contribution is -2.42. The summed E-state index contributed by atoms with van der Waals surface area (Å²) in [5.74, 6) is 0. The maximum Gasteiger partial charge on any atom is 0.101 e. The first-order valence-corrected chi connectivity index (χ1v) is 7.80. The van der Waals surface area contributed by atoms with Gasteiger partial charge in [-0.3, -0.25) is 0 Å². The number of rotatable bonds is 5. The molecule has 2 rings (SSSR count). The van der Waals surface area contributed by atoms with Crippen molar-refractivity contribution in [2.75, 3.05) is 38.6 Å². The van der Waals surface area contributed by atoms with E-state index in [1.165, 1.54) is 5.56 Å². The lowest BCUT2D eigenvalue weighted by atomic mass is 10.0. The third kappa shape index (κ3) is 3.96. The monoisotopic (exact) mass is 286 g/mol. The highest BCUT2D eigenvalue weighted by molar-refractivity contribution is 5.60. The summed E-state index contributed by atoms with van der Waals surface area (Å²) in [4.78, 5) is 4.66. The quantitative estimate of drug-likeness (QED) is 0.901. The van der Waals surface area contributed by atoms with Crippen molar-refractivity contribution in [3.8, 4) is 6.07 Å². The Labute approximate surface area is 128 Å². The van der Waals surface area contributed by atoms with E-state index in [0.29, 0.717) is 6.04 Å². The molecule has 0 aromatic heterocycles. The van der Waals surface area contributed by atoms with Crippen LogP contribution in [0, 0.1) is 11.3 Å². The molecular weight excluding hydrogens is 260 g/mol. The van der Waals surface area contributed by atoms with Crippen molar-refractivity contribution < 1.29 is 0 Å². The maximum atomic E-state index is 9.43. The molecule has 1 aromatic carbocycles. The van der Waals surface area contributed by atoms with E-state index in [1.807, 2.05) is 6.07 Å². The fourth-order valence-corrected chi connectivity index (χ4v) is 2.95. The van der Waals surface area contributed by atoms with Crippen molar-refractivity contribution >= 4 is 5.69 Å². The molecule has 0 spiro atoms. The summed E-state index contributed by atoms with van der Waals surface area (Å²) < 4.78 is 0. The van der Waals surface area contributed by atoms with Crippen molar-refractivity contribution in [1.82, 2.24) is 10.2 Å². The number of hydrogen-bond acceptors (Lipinski definition) is 4. The van der Waals surface area contributed by atoms with E-state index in [4.69, 9.17) is 0 Å². The zero-order valence-corrected chi connectivity index (χ0v) is 13.4. The van der Waals surface area contributed by atoms with Crippen LogP contribution in [0.4, 0.5) is 5.69 Å². The molecule has 1 fully saturated rings. The van der Waals surface area contributed by atoms with Crippen LogP contribution in [0.2, 0.25) is 0 Å². The molecule has 21 heavy (non-hydrogen) atoms. The molecule has 1 N–H and O–H groups in total. The Bertz CT molecular complexity index is 496. The first kappa shape index (κ1) is 15.8. The third-order valence-corrected chi connectivity index (χ3v) is 4.30. The SMILES string of the molecule is CCNCc1ccc(N2CCC(N(C)C)CC2)c(C#N)c1. The van der Waals surface area contributed by atoms with Crippen molar-refractivity contribution in [3.05, 3.63) is 29.3 Å². The minimum absolute atomic E-state index is 0.666. The molecule has 1 heterocycles. The van der Waals surface area contributed by atoms with E-state index in [-0.39, 0.29) is 0 Å². The number of nitrogens with zero attached hydrogens (tertiary/aromatic N) is 3. The zero-order chi connectivity index (χ0) is 15.2. The van der Waals surface area contributed by atoms with E-state index in [0.717, 1.165) is 50.3 Å². The summed E-state index contributed by atoms with van der Waals surface area (Å²) in [7, 11) is 4.30. The van der Waals surface area contributed by atoms with Crippen LogP contribution < -0.4 is 10.2 Å². The van der Waals surface area contributed by atoms with Gasteiger partial charge in [-0.1, -0.05) is 13.0 Å². The topological polar surface area (TPSA) is 42.3 Å². The first-order chi connectivity index (χ1) is 10.2. The second kappa shape index (κ2) is 7.44. The highest BCUT2D eigenvalue weighted by atomic mass is 15.2. The summed E-state index contributed by atoms with van der Waals surface area (Å²) in [6.07, 6.45) is 2.33. The number of hydrogen-bond donors (Lipinski definition) is 1. The molecule has 1 aliphatic heterocycles. The van der Waals surface area contributed by atoms with Crippen molar-refractivity contribution in [3.63, 3.8) is 0 Å². The van der Waals surface area contributed by atoms with Crippen LogP contribution >= 0.6 is 0 Å². The molecule has 1 aliphatic rings. The Kier molecular flexibility index (Phi) is 5.60. The summed E-state index contributed by atoms with van der Waals surface area (Å²) in [6.45, 7) is 5.93. The lowest BCUT2D eigenvalue weighted by Gasteiger charge is -2.36. The van der Waals surface area contributed by atoms with Crippen LogP contribution in [0.1, 0.15) is 30.9 Å². The van der Waals surface area contributed by atoms with E-state index in [1.54, 1.807) is 0 Å². The number of nitrogens with one attached hydrogen (secondary N) is 1. The summed E-state index contributed by atoms with van der Waals surface area (Å²) in [5.41, 5.74) is 3.07. The highest BCUT2D eigenvalue weighted by Gasteiger charge is 2.22. The van der Waals surface area contributed by atoms with Gasteiger partial charge in [-0.2, -0.15) is 5.26 Å². The number of benzene rings is 1. The predicted octanol–water partition coefficient (Wildman–Crippen LogP) is 2.20. The molecule has 0 saturated carbocycles. The Balaban J connectivity index is 2.08. The lowest BCUT2D eigenvalue weighted by molar-refractivity contribution is 0.249. The molecule has 1 aromatic rings. The van der Waals surface area contributed by atoms with Crippen LogP contribution in [0.25, 0.3) is 0 Å². The van der Waals surface area contributed by atoms with Crippen molar-refractivity contribution in [2.45, 2.75) is 32.4 Å². The van der Waals surface area contributed by atoms with Crippen LogP contribution in [0.5, 0.6) is 0 Å². The fraction of sp³-hybridized carbons (Fsp3) is 0.588. The van der Waals surface area contributed by atoms with Crippen molar-refractivity contribution in [2.24, 2.45) is 0 Å². The van der Waals surface area contributed by atoms with E-state index in [9.17, 15) is 5.26 Å². The van der Waals surface area contributed by atoms with Gasteiger partial charge in [0.1, 0.15) is 6.07 Å². The van der Waals surface area contributed by atoms with Gasteiger partial charge in [0.25, 0.3) is 0 Å². The molecular formula is C17H26N4. The summed E-state index contributed by atoms with van der Waals surface area (Å²) >= 11 is 0. The second-order valence-corrected chi connectivity index (χ2v) is 5.93. The Morgan fingerprint density at radius 1 is 1.33 bits per heavy atom. The molecule has 4 heteroatoms. The third-order valence-electron chi connectivity index (χ3n) is 4.30. The van der Waals surface area contributed by atoms with E-state index < -0.39 is 0 Å². The number of nitriles is 1. The van der Waals surface area contributed by atoms with Gasteiger partial charge in [0.2, 0.25) is 0 Å². The average molecular weight is 286 g/mol. The smallest absolute Gasteiger partial charge is 0.101 e. The van der Waals surface area contributed by atoms with Gasteiger partial charge < -0.3 is 15.1 Å². The normalized spacial score (nSPS) is 16.2. The zero-order valence-electron chi connectivity index (χ0n) is 13.4. The Hall–Kier alpha value is -1.57. The van der Waals surface area contributed by atoms with Crippen LogP contribution in [0.15, 0.2) is 18.2 Å². The standard InChI is InChI=1S/C17H26N4/c1-4-19-13-14-5-6-17(15(11-14)12-18)21-9-7-16(8-10-21)20(2)3/h5-6,11,16,19H,4,7-10,13H2,1-3H3. The molecule has 0 radical (unpaired) electrons. The molecule has 0 amide bonds. The summed E-state index contributed by atoms with van der Waals surface area (Å²) in [6, 6.07) is 9.30. The molecule has 0 bridgehead atoms. The van der Waals surface area contributed by atoms with Gasteiger partial charge in [0.15, 0.2) is 0 Å². The van der Waals surface area contributed by atoms with Crippen LogP contribution in [-0.4, -0.2) is 44.7 Å². The molecule has 4 nitrogen and oxygen atoms in total. The number of anilines is 1. The molecule has 0 unspecified atom stereocenters. The fourth-order valence-electron chi connectivity index (χ4n) is 2.95. The highest BCUT2D eigenvalue weighted by Crippen LogP contribution is 2.26. The molecule has 114 valence electrons. The minimum atomic E-state index is 0.666. The van der Waals surface area contributed by atoms with E-state index >= 15 is 0 Å². The van der Waals surface area contributed by atoms with E-state index in [2.05, 4.69) is 54.3 Å².